The molecule has 0 saturated carbocycles. The van der Waals surface area contributed by atoms with Gasteiger partial charge >= 0.3 is 18.5 Å². The number of rotatable bonds is 15. The lowest BCUT2D eigenvalue weighted by Crippen LogP contribution is -2.38. The second kappa shape index (κ2) is 25.3. The van der Waals surface area contributed by atoms with Crippen LogP contribution in [0.15, 0.2) is 60.7 Å². The fourth-order valence-corrected chi connectivity index (χ4v) is 3.89. The average molecular weight is 661 g/mol. The van der Waals surface area contributed by atoms with Crippen LogP contribution in [0.2, 0.25) is 0 Å². The molecule has 0 spiro atoms. The normalized spacial score (nSPS) is 16.7. The average Bonchev–Trinajstić information content (AvgIpc) is 4.03. The summed E-state index contributed by atoms with van der Waals surface area (Å²) < 4.78 is 29.9. The lowest BCUT2D eigenvalue weighted by molar-refractivity contribution is -0.191. The third-order valence-electron chi connectivity index (χ3n) is 6.91. The topological polar surface area (TPSA) is 137 Å². The molecule has 4 unspecified atom stereocenters. The molecule has 2 aliphatic rings. The van der Waals surface area contributed by atoms with E-state index in [1.54, 1.807) is 6.92 Å². The number of epoxide rings is 2. The standard InChI is InChI=1S/C19H29NO6.C12H17NO.C3H6O.CO2/c1-5-15(3)25-19(22)24-14-17(26-18(21)23-4)13-20(6-2)12-16-10-8-7-9-11-16;1-2-13(9-12-10-14-12)8-11-6-4-3-5-7-11;1-3-2-4-3;2-1-3/h7-11,15,17H,5-6,12-14H2,1-4H3;3-7,12H,2,8-10H2,1H3;3H,2H2,1H3;. The smallest absolute Gasteiger partial charge is 0.438 e. The second-order valence-electron chi connectivity index (χ2n) is 10.9. The van der Waals surface area contributed by atoms with Crippen molar-refractivity contribution in [2.75, 3.05) is 53.1 Å². The first kappa shape index (κ1) is 41.2. The van der Waals surface area contributed by atoms with Crippen molar-refractivity contribution in [3.63, 3.8) is 0 Å². The van der Waals surface area contributed by atoms with E-state index in [1.807, 2.05) is 44.2 Å². The molecule has 2 heterocycles. The third-order valence-corrected chi connectivity index (χ3v) is 6.91. The number of carbonyl (C=O) groups is 2. The molecule has 262 valence electrons. The Kier molecular flexibility index (Phi) is 22.2. The highest BCUT2D eigenvalue weighted by Gasteiger charge is 2.25. The molecule has 12 heteroatoms. The minimum absolute atomic E-state index is 0.102. The van der Waals surface area contributed by atoms with Gasteiger partial charge < -0.3 is 28.4 Å². The van der Waals surface area contributed by atoms with Crippen LogP contribution in [0.3, 0.4) is 0 Å². The molecule has 47 heavy (non-hydrogen) atoms. The highest BCUT2D eigenvalue weighted by Crippen LogP contribution is 2.13. The minimum atomic E-state index is -0.815. The van der Waals surface area contributed by atoms with E-state index in [2.05, 4.69) is 58.7 Å². The van der Waals surface area contributed by atoms with Crippen molar-refractivity contribution in [3.8, 4) is 0 Å². The Morgan fingerprint density at radius 2 is 1.34 bits per heavy atom. The lowest BCUT2D eigenvalue weighted by atomic mass is 10.2. The quantitative estimate of drug-likeness (QED) is 0.180. The Labute approximate surface area is 279 Å². The largest absolute Gasteiger partial charge is 0.508 e. The van der Waals surface area contributed by atoms with Gasteiger partial charge in [-0.25, -0.2) is 9.59 Å². The van der Waals surface area contributed by atoms with Crippen LogP contribution in [0.25, 0.3) is 0 Å². The Morgan fingerprint density at radius 1 is 0.851 bits per heavy atom. The van der Waals surface area contributed by atoms with Crippen LogP contribution in [0.5, 0.6) is 0 Å². The van der Waals surface area contributed by atoms with E-state index < -0.39 is 18.4 Å². The molecule has 4 rings (SSSR count). The third kappa shape index (κ3) is 22.4. The molecule has 2 aliphatic heterocycles. The van der Waals surface area contributed by atoms with Gasteiger partial charge in [0, 0.05) is 26.2 Å². The maximum absolute atomic E-state index is 11.7. The molecule has 2 saturated heterocycles. The van der Waals surface area contributed by atoms with Gasteiger partial charge in [0.1, 0.15) is 12.7 Å². The first-order valence-corrected chi connectivity index (χ1v) is 16.0. The van der Waals surface area contributed by atoms with E-state index in [1.165, 1.54) is 12.7 Å². The zero-order valence-electron chi connectivity index (χ0n) is 28.6. The minimum Gasteiger partial charge on any atom is -0.438 e. The molecule has 12 nitrogen and oxygen atoms in total. The Bertz CT molecular complexity index is 1120. The zero-order chi connectivity index (χ0) is 34.9. The van der Waals surface area contributed by atoms with Crippen LogP contribution < -0.4 is 0 Å². The number of hydrogen-bond acceptors (Lipinski definition) is 12. The molecule has 2 aromatic rings. The predicted octanol–water partition coefficient (Wildman–Crippen LogP) is 5.34. The second-order valence-corrected chi connectivity index (χ2v) is 10.9. The summed E-state index contributed by atoms with van der Waals surface area (Å²) in [4.78, 5) is 43.9. The summed E-state index contributed by atoms with van der Waals surface area (Å²) in [7, 11) is 1.24. The van der Waals surface area contributed by atoms with Crippen molar-refractivity contribution >= 4 is 18.5 Å². The molecule has 4 atom stereocenters. The maximum atomic E-state index is 11.7. The summed E-state index contributed by atoms with van der Waals surface area (Å²) in [5.74, 6) is 0. The van der Waals surface area contributed by atoms with E-state index in [-0.39, 0.29) is 18.9 Å². The first-order valence-electron chi connectivity index (χ1n) is 16.0. The first-order chi connectivity index (χ1) is 22.7. The van der Waals surface area contributed by atoms with Crippen molar-refractivity contribution in [1.29, 1.82) is 0 Å². The Morgan fingerprint density at radius 3 is 1.74 bits per heavy atom. The van der Waals surface area contributed by atoms with Gasteiger partial charge in [-0.05, 0) is 44.5 Å². The summed E-state index contributed by atoms with van der Waals surface area (Å²) in [5.41, 5.74) is 2.53. The molecular weight excluding hydrogens is 608 g/mol. The number of nitrogens with zero attached hydrogens (tertiary/aromatic N) is 2. The molecule has 0 aromatic heterocycles. The van der Waals surface area contributed by atoms with Crippen LogP contribution in [0, 0.1) is 0 Å². The van der Waals surface area contributed by atoms with Gasteiger partial charge in [-0.3, -0.25) is 9.80 Å². The van der Waals surface area contributed by atoms with E-state index in [4.69, 9.17) is 33.3 Å². The van der Waals surface area contributed by atoms with Crippen LogP contribution in [0.4, 0.5) is 9.59 Å². The fraction of sp³-hybridized carbons (Fsp3) is 0.571. The van der Waals surface area contributed by atoms with Crippen molar-refractivity contribution < 1.29 is 47.6 Å². The SMILES string of the molecule is CC1CO1.CCC(C)OC(=O)OCC(CN(CC)Cc1ccccc1)OC(=O)OC.CCN(Cc1ccccc1)CC1CO1.O=C=O. The van der Waals surface area contributed by atoms with E-state index >= 15 is 0 Å². The van der Waals surface area contributed by atoms with Crippen molar-refractivity contribution in [2.45, 2.75) is 78.5 Å². The summed E-state index contributed by atoms with van der Waals surface area (Å²) in [6.45, 7) is 16.8. The number of ether oxygens (including phenoxy) is 6. The number of hydrogen-bond donors (Lipinski definition) is 0. The van der Waals surface area contributed by atoms with Crippen LogP contribution in [0.1, 0.15) is 52.2 Å². The monoisotopic (exact) mass is 660 g/mol. The van der Waals surface area contributed by atoms with Gasteiger partial charge in [-0.2, -0.15) is 9.59 Å². The number of likely N-dealkylation sites (N-methyl/N-ethyl adjacent to an activating group) is 2. The van der Waals surface area contributed by atoms with Gasteiger partial charge in [0.05, 0.1) is 32.5 Å². The highest BCUT2D eigenvalue weighted by molar-refractivity contribution is 5.61. The van der Waals surface area contributed by atoms with Crippen molar-refractivity contribution in [1.82, 2.24) is 9.80 Å². The lowest BCUT2D eigenvalue weighted by Gasteiger charge is -2.26. The predicted molar refractivity (Wildman–Crippen MR) is 174 cm³/mol. The van der Waals surface area contributed by atoms with E-state index in [0.29, 0.717) is 31.7 Å². The van der Waals surface area contributed by atoms with Gasteiger partial charge in [0.25, 0.3) is 0 Å². The van der Waals surface area contributed by atoms with E-state index in [0.717, 1.165) is 45.0 Å². The van der Waals surface area contributed by atoms with Gasteiger partial charge in [0.15, 0.2) is 6.10 Å². The molecule has 0 radical (unpaired) electrons. The van der Waals surface area contributed by atoms with Gasteiger partial charge in [0.2, 0.25) is 0 Å². The molecule has 0 aliphatic carbocycles. The molecule has 2 fully saturated rings. The summed E-state index contributed by atoms with van der Waals surface area (Å²) >= 11 is 0. The summed E-state index contributed by atoms with van der Waals surface area (Å²) in [6, 6.07) is 20.6. The van der Waals surface area contributed by atoms with Crippen molar-refractivity contribution in [3.05, 3.63) is 71.8 Å². The number of benzene rings is 2. The summed E-state index contributed by atoms with van der Waals surface area (Å²) in [6.07, 6.45) is -0.451. The van der Waals surface area contributed by atoms with Crippen LogP contribution in [-0.4, -0.2) is 106 Å². The van der Waals surface area contributed by atoms with Gasteiger partial charge in [-0.15, -0.1) is 0 Å². The van der Waals surface area contributed by atoms with E-state index in [9.17, 15) is 9.59 Å². The fourth-order valence-electron chi connectivity index (χ4n) is 3.89. The zero-order valence-corrected chi connectivity index (χ0v) is 28.6. The molecule has 0 amide bonds. The highest BCUT2D eigenvalue weighted by atomic mass is 16.8. The molecule has 0 N–H and O–H groups in total. The molecule has 0 bridgehead atoms. The van der Waals surface area contributed by atoms with Crippen molar-refractivity contribution in [2.24, 2.45) is 0 Å². The molecule has 2 aromatic carbocycles. The maximum Gasteiger partial charge on any atom is 0.508 e. The number of methoxy groups -OCH3 is 1. The van der Waals surface area contributed by atoms with Crippen LogP contribution >= 0.6 is 0 Å². The molecular formula is C35H52N2O10. The Hall–Kier alpha value is -3.80. The van der Waals surface area contributed by atoms with Gasteiger partial charge in [-0.1, -0.05) is 81.4 Å². The number of carbonyl (C=O) groups excluding carboxylic acids is 4. The Balaban J connectivity index is 0.000000430. The van der Waals surface area contributed by atoms with Crippen LogP contribution in [-0.2, 0) is 51.1 Å². The summed E-state index contributed by atoms with van der Waals surface area (Å²) in [5, 5.41) is 0.